The first-order valence-corrected chi connectivity index (χ1v) is 7.38. The Morgan fingerprint density at radius 2 is 1.70 bits per heavy atom. The molecule has 0 aliphatic carbocycles. The van der Waals surface area contributed by atoms with Crippen LogP contribution in [0, 0.1) is 0 Å². The third-order valence-corrected chi connectivity index (χ3v) is 3.28. The molecular formula is C18H20N2O3. The van der Waals surface area contributed by atoms with Gasteiger partial charge in [0.25, 0.3) is 0 Å². The first-order chi connectivity index (χ1) is 11.1. The predicted octanol–water partition coefficient (Wildman–Crippen LogP) is 3.08. The highest BCUT2D eigenvalue weighted by Crippen LogP contribution is 2.17. The lowest BCUT2D eigenvalue weighted by atomic mass is 10.2. The van der Waals surface area contributed by atoms with Gasteiger partial charge < -0.3 is 15.0 Å². The summed E-state index contributed by atoms with van der Waals surface area (Å²) in [4.78, 5) is 24.7. The van der Waals surface area contributed by atoms with E-state index in [4.69, 9.17) is 4.74 Å². The highest BCUT2D eigenvalue weighted by atomic mass is 16.5. The number of benzene rings is 2. The summed E-state index contributed by atoms with van der Waals surface area (Å²) in [5, 5.41) is 2.69. The summed E-state index contributed by atoms with van der Waals surface area (Å²) >= 11 is 0. The molecule has 0 spiro atoms. The zero-order valence-corrected chi connectivity index (χ0v) is 13.3. The van der Waals surface area contributed by atoms with Crippen LogP contribution in [-0.2, 0) is 9.59 Å². The molecule has 0 aliphatic heterocycles. The SMILES string of the molecule is CC(=O)Nc1ccc(N(C)C(=O)CCOc2ccccc2)cc1. The molecule has 120 valence electrons. The van der Waals surface area contributed by atoms with E-state index in [0.29, 0.717) is 18.7 Å². The first-order valence-electron chi connectivity index (χ1n) is 7.38. The molecule has 0 aliphatic rings. The predicted molar refractivity (Wildman–Crippen MR) is 90.7 cm³/mol. The molecule has 0 saturated carbocycles. The molecule has 23 heavy (non-hydrogen) atoms. The first kappa shape index (κ1) is 16.5. The van der Waals surface area contributed by atoms with Crippen LogP contribution in [0.5, 0.6) is 5.75 Å². The highest BCUT2D eigenvalue weighted by molar-refractivity contribution is 5.93. The van der Waals surface area contributed by atoms with Gasteiger partial charge >= 0.3 is 0 Å². The maximum absolute atomic E-state index is 12.2. The van der Waals surface area contributed by atoms with Crippen LogP contribution in [0.3, 0.4) is 0 Å². The standard InChI is InChI=1S/C18H20N2O3/c1-14(21)19-15-8-10-16(11-9-15)20(2)18(22)12-13-23-17-6-4-3-5-7-17/h3-11H,12-13H2,1-2H3,(H,19,21). The van der Waals surface area contributed by atoms with Crippen LogP contribution in [0.15, 0.2) is 54.6 Å². The molecule has 0 unspecified atom stereocenters. The van der Waals surface area contributed by atoms with Gasteiger partial charge in [-0.15, -0.1) is 0 Å². The lowest BCUT2D eigenvalue weighted by molar-refractivity contribution is -0.118. The number of carbonyl (C=O) groups is 2. The largest absolute Gasteiger partial charge is 0.493 e. The Morgan fingerprint density at radius 1 is 1.04 bits per heavy atom. The fraction of sp³-hybridized carbons (Fsp3) is 0.222. The van der Waals surface area contributed by atoms with E-state index in [1.54, 1.807) is 36.2 Å². The van der Waals surface area contributed by atoms with Crippen molar-refractivity contribution in [1.29, 1.82) is 0 Å². The fourth-order valence-electron chi connectivity index (χ4n) is 2.06. The molecule has 2 aromatic carbocycles. The Labute approximate surface area is 135 Å². The van der Waals surface area contributed by atoms with Crippen molar-refractivity contribution in [3.63, 3.8) is 0 Å². The van der Waals surface area contributed by atoms with E-state index >= 15 is 0 Å². The van der Waals surface area contributed by atoms with Crippen LogP contribution in [-0.4, -0.2) is 25.5 Å². The summed E-state index contributed by atoms with van der Waals surface area (Å²) in [6.45, 7) is 1.79. The van der Waals surface area contributed by atoms with Gasteiger partial charge in [0.1, 0.15) is 5.75 Å². The number of ether oxygens (including phenoxy) is 1. The number of nitrogens with zero attached hydrogens (tertiary/aromatic N) is 1. The number of carbonyl (C=O) groups excluding carboxylic acids is 2. The molecule has 2 amide bonds. The molecule has 0 aromatic heterocycles. The van der Waals surface area contributed by atoms with Gasteiger partial charge in [-0.1, -0.05) is 18.2 Å². The number of anilines is 2. The second-order valence-corrected chi connectivity index (χ2v) is 5.09. The van der Waals surface area contributed by atoms with E-state index in [1.807, 2.05) is 30.3 Å². The Kier molecular flexibility index (Phi) is 5.74. The maximum atomic E-state index is 12.2. The molecule has 5 nitrogen and oxygen atoms in total. The summed E-state index contributed by atoms with van der Waals surface area (Å²) in [5.74, 6) is 0.594. The van der Waals surface area contributed by atoms with Crippen molar-refractivity contribution < 1.29 is 14.3 Å². The van der Waals surface area contributed by atoms with Crippen molar-refractivity contribution in [1.82, 2.24) is 0 Å². The van der Waals surface area contributed by atoms with Gasteiger partial charge in [-0.2, -0.15) is 0 Å². The van der Waals surface area contributed by atoms with Crippen LogP contribution in [0.2, 0.25) is 0 Å². The normalized spacial score (nSPS) is 10.0. The van der Waals surface area contributed by atoms with Crippen LogP contribution < -0.4 is 15.0 Å². The lowest BCUT2D eigenvalue weighted by Crippen LogP contribution is -2.27. The average molecular weight is 312 g/mol. The minimum absolute atomic E-state index is 0.0341. The van der Waals surface area contributed by atoms with Crippen molar-refractivity contribution in [2.24, 2.45) is 0 Å². The van der Waals surface area contributed by atoms with Gasteiger partial charge in [-0.05, 0) is 36.4 Å². The van der Waals surface area contributed by atoms with Crippen molar-refractivity contribution in [3.8, 4) is 5.75 Å². The molecule has 0 heterocycles. The number of hydrogen-bond donors (Lipinski definition) is 1. The number of para-hydroxylation sites is 1. The molecule has 0 radical (unpaired) electrons. The molecule has 0 bridgehead atoms. The second kappa shape index (κ2) is 7.98. The van der Waals surface area contributed by atoms with Gasteiger partial charge in [0.15, 0.2) is 0 Å². The smallest absolute Gasteiger partial charge is 0.230 e. The lowest BCUT2D eigenvalue weighted by Gasteiger charge is -2.18. The van der Waals surface area contributed by atoms with Crippen molar-refractivity contribution >= 4 is 23.2 Å². The maximum Gasteiger partial charge on any atom is 0.230 e. The van der Waals surface area contributed by atoms with E-state index in [9.17, 15) is 9.59 Å². The van der Waals surface area contributed by atoms with Gasteiger partial charge in [0, 0.05) is 25.3 Å². The van der Waals surface area contributed by atoms with Gasteiger partial charge in [-0.25, -0.2) is 0 Å². The van der Waals surface area contributed by atoms with E-state index in [-0.39, 0.29) is 11.8 Å². The Balaban J connectivity index is 1.85. The van der Waals surface area contributed by atoms with Crippen LogP contribution >= 0.6 is 0 Å². The Morgan fingerprint density at radius 3 is 2.30 bits per heavy atom. The number of amides is 2. The number of nitrogens with one attached hydrogen (secondary N) is 1. The molecule has 0 saturated heterocycles. The zero-order chi connectivity index (χ0) is 16.7. The molecule has 1 N–H and O–H groups in total. The molecule has 2 aromatic rings. The van der Waals surface area contributed by atoms with Crippen molar-refractivity contribution in [2.45, 2.75) is 13.3 Å². The van der Waals surface area contributed by atoms with Crippen LogP contribution in [0.1, 0.15) is 13.3 Å². The third kappa shape index (κ3) is 5.14. The van der Waals surface area contributed by atoms with Crippen LogP contribution in [0.25, 0.3) is 0 Å². The topological polar surface area (TPSA) is 58.6 Å². The summed E-state index contributed by atoms with van der Waals surface area (Å²) < 4.78 is 5.53. The Hall–Kier alpha value is -2.82. The Bertz CT molecular complexity index is 654. The molecule has 0 fully saturated rings. The fourth-order valence-corrected chi connectivity index (χ4v) is 2.06. The molecule has 5 heteroatoms. The summed E-state index contributed by atoms with van der Waals surface area (Å²) in [7, 11) is 1.72. The molecule has 0 atom stereocenters. The minimum Gasteiger partial charge on any atom is -0.493 e. The van der Waals surface area contributed by atoms with Crippen molar-refractivity contribution in [3.05, 3.63) is 54.6 Å². The summed E-state index contributed by atoms with van der Waals surface area (Å²) in [6.07, 6.45) is 0.291. The summed E-state index contributed by atoms with van der Waals surface area (Å²) in [6, 6.07) is 16.5. The monoisotopic (exact) mass is 312 g/mol. The number of hydrogen-bond acceptors (Lipinski definition) is 3. The zero-order valence-electron chi connectivity index (χ0n) is 13.3. The molecule has 2 rings (SSSR count). The number of rotatable bonds is 6. The highest BCUT2D eigenvalue weighted by Gasteiger charge is 2.11. The minimum atomic E-state index is -0.125. The molecular weight excluding hydrogens is 292 g/mol. The van der Waals surface area contributed by atoms with Gasteiger partial charge in [0.2, 0.25) is 11.8 Å². The van der Waals surface area contributed by atoms with E-state index in [1.165, 1.54) is 6.92 Å². The van der Waals surface area contributed by atoms with Crippen molar-refractivity contribution in [2.75, 3.05) is 23.9 Å². The van der Waals surface area contributed by atoms with E-state index < -0.39 is 0 Å². The van der Waals surface area contributed by atoms with E-state index in [2.05, 4.69) is 5.32 Å². The summed E-state index contributed by atoms with van der Waals surface area (Å²) in [5.41, 5.74) is 1.47. The van der Waals surface area contributed by atoms with Crippen LogP contribution in [0.4, 0.5) is 11.4 Å². The quantitative estimate of drug-likeness (QED) is 0.892. The van der Waals surface area contributed by atoms with Gasteiger partial charge in [-0.3, -0.25) is 9.59 Å². The van der Waals surface area contributed by atoms with E-state index in [0.717, 1.165) is 11.4 Å². The van der Waals surface area contributed by atoms with Gasteiger partial charge in [0.05, 0.1) is 13.0 Å². The third-order valence-electron chi connectivity index (χ3n) is 3.28. The second-order valence-electron chi connectivity index (χ2n) is 5.09. The average Bonchev–Trinajstić information content (AvgIpc) is 2.55.